The smallest absolute Gasteiger partial charge is 0.0930 e. The molecule has 2 rings (SSSR count). The second-order valence-corrected chi connectivity index (χ2v) is 4.75. The average molecular weight is 182 g/mol. The first-order valence-electron chi connectivity index (χ1n) is 4.46. The van der Waals surface area contributed by atoms with Crippen LogP contribution in [0.3, 0.4) is 0 Å². The molecule has 2 nitrogen and oxygen atoms in total. The maximum Gasteiger partial charge on any atom is 0.0930 e. The van der Waals surface area contributed by atoms with Gasteiger partial charge in [-0.3, -0.25) is 0 Å². The molecule has 1 N–H and O–H groups in total. The molecule has 1 aliphatic heterocycles. The van der Waals surface area contributed by atoms with Crippen LogP contribution in [0.1, 0.15) is 16.3 Å². The predicted molar refractivity (Wildman–Crippen MR) is 51.5 cm³/mol. The van der Waals surface area contributed by atoms with Crippen LogP contribution in [0, 0.1) is 12.8 Å². The highest BCUT2D eigenvalue weighted by atomic mass is 32.1. The van der Waals surface area contributed by atoms with Crippen LogP contribution in [0.2, 0.25) is 0 Å². The Labute approximate surface area is 77.0 Å². The molecule has 12 heavy (non-hydrogen) atoms. The van der Waals surface area contributed by atoms with Crippen molar-refractivity contribution in [2.45, 2.75) is 19.8 Å². The maximum atomic E-state index is 4.37. The molecule has 0 bridgehead atoms. The third-order valence-corrected chi connectivity index (χ3v) is 3.23. The van der Waals surface area contributed by atoms with Gasteiger partial charge >= 0.3 is 0 Å². The quantitative estimate of drug-likeness (QED) is 0.751. The highest BCUT2D eigenvalue weighted by molar-refractivity contribution is 7.11. The largest absolute Gasteiger partial charge is 0.316 e. The zero-order valence-corrected chi connectivity index (χ0v) is 8.16. The van der Waals surface area contributed by atoms with Gasteiger partial charge in [0.1, 0.15) is 0 Å². The Morgan fingerprint density at radius 1 is 1.75 bits per heavy atom. The third kappa shape index (κ3) is 1.84. The molecule has 0 amide bonds. The normalized spacial score (nSPS) is 23.2. The first-order valence-corrected chi connectivity index (χ1v) is 5.28. The lowest BCUT2D eigenvalue weighted by atomic mass is 10.1. The Balaban J connectivity index is 1.94. The van der Waals surface area contributed by atoms with E-state index in [1.807, 2.05) is 17.5 Å². The zero-order valence-electron chi connectivity index (χ0n) is 7.34. The number of aromatic nitrogens is 1. The summed E-state index contributed by atoms with van der Waals surface area (Å²) in [6, 6.07) is 0. The van der Waals surface area contributed by atoms with Crippen molar-refractivity contribution in [2.24, 2.45) is 5.92 Å². The van der Waals surface area contributed by atoms with Crippen molar-refractivity contribution in [3.63, 3.8) is 0 Å². The van der Waals surface area contributed by atoms with Crippen LogP contribution in [-0.4, -0.2) is 18.1 Å². The van der Waals surface area contributed by atoms with Crippen molar-refractivity contribution in [3.8, 4) is 0 Å². The second-order valence-electron chi connectivity index (χ2n) is 3.43. The number of rotatable bonds is 2. The minimum Gasteiger partial charge on any atom is -0.316 e. The van der Waals surface area contributed by atoms with E-state index in [4.69, 9.17) is 0 Å². The van der Waals surface area contributed by atoms with Crippen LogP contribution in [0.15, 0.2) is 6.20 Å². The van der Waals surface area contributed by atoms with Crippen LogP contribution in [0.4, 0.5) is 0 Å². The van der Waals surface area contributed by atoms with Gasteiger partial charge in [-0.1, -0.05) is 0 Å². The van der Waals surface area contributed by atoms with Crippen molar-refractivity contribution in [1.82, 2.24) is 10.3 Å². The second kappa shape index (κ2) is 3.54. The Morgan fingerprint density at radius 3 is 3.25 bits per heavy atom. The Bertz CT molecular complexity index is 251. The molecule has 1 aromatic heterocycles. The summed E-state index contributed by atoms with van der Waals surface area (Å²) in [7, 11) is 0. The topological polar surface area (TPSA) is 24.9 Å². The summed E-state index contributed by atoms with van der Waals surface area (Å²) < 4.78 is 0. The van der Waals surface area contributed by atoms with Crippen LogP contribution in [0.25, 0.3) is 0 Å². The molecule has 1 aliphatic rings. The monoisotopic (exact) mass is 182 g/mol. The molecular formula is C9H14N2S. The molecule has 1 saturated heterocycles. The van der Waals surface area contributed by atoms with Crippen LogP contribution in [-0.2, 0) is 6.42 Å². The standard InChI is InChI=1S/C9H14N2S/c1-7-5-11-9(12-7)4-8-2-3-10-6-8/h5,8,10H,2-4,6H2,1H3/t8-/m0/s1. The van der Waals surface area contributed by atoms with E-state index in [1.54, 1.807) is 0 Å². The van der Waals surface area contributed by atoms with E-state index in [1.165, 1.54) is 35.8 Å². The summed E-state index contributed by atoms with van der Waals surface area (Å²) in [6.45, 7) is 4.49. The molecular weight excluding hydrogens is 168 g/mol. The summed E-state index contributed by atoms with van der Waals surface area (Å²) in [6.07, 6.45) is 4.46. The number of thiazole rings is 1. The molecule has 0 saturated carbocycles. The van der Waals surface area contributed by atoms with Gasteiger partial charge in [0.2, 0.25) is 0 Å². The fraction of sp³-hybridized carbons (Fsp3) is 0.667. The molecule has 0 spiro atoms. The molecule has 66 valence electrons. The van der Waals surface area contributed by atoms with Gasteiger partial charge in [-0.2, -0.15) is 0 Å². The van der Waals surface area contributed by atoms with Gasteiger partial charge in [0.05, 0.1) is 5.01 Å². The third-order valence-electron chi connectivity index (χ3n) is 2.29. The van der Waals surface area contributed by atoms with Crippen molar-refractivity contribution < 1.29 is 0 Å². The van der Waals surface area contributed by atoms with Gasteiger partial charge < -0.3 is 5.32 Å². The van der Waals surface area contributed by atoms with E-state index in [0.29, 0.717) is 0 Å². The fourth-order valence-corrected chi connectivity index (χ4v) is 2.53. The fourth-order valence-electron chi connectivity index (χ4n) is 1.63. The summed E-state index contributed by atoms with van der Waals surface area (Å²) in [5.41, 5.74) is 0. The highest BCUT2D eigenvalue weighted by Crippen LogP contribution is 2.18. The predicted octanol–water partition coefficient (Wildman–Crippen LogP) is 1.60. The van der Waals surface area contributed by atoms with Crippen molar-refractivity contribution in [3.05, 3.63) is 16.1 Å². The van der Waals surface area contributed by atoms with Crippen LogP contribution < -0.4 is 5.32 Å². The lowest BCUT2D eigenvalue weighted by Crippen LogP contribution is -2.10. The van der Waals surface area contributed by atoms with Crippen molar-refractivity contribution >= 4 is 11.3 Å². The summed E-state index contributed by atoms with van der Waals surface area (Å²) >= 11 is 1.84. The number of nitrogens with one attached hydrogen (secondary N) is 1. The lowest BCUT2D eigenvalue weighted by Gasteiger charge is -2.03. The lowest BCUT2D eigenvalue weighted by molar-refractivity contribution is 0.578. The molecule has 3 heteroatoms. The van der Waals surface area contributed by atoms with E-state index in [0.717, 1.165) is 5.92 Å². The number of hydrogen-bond donors (Lipinski definition) is 1. The van der Waals surface area contributed by atoms with Crippen LogP contribution >= 0.6 is 11.3 Å². The molecule has 0 aromatic carbocycles. The molecule has 1 fully saturated rings. The Morgan fingerprint density at radius 2 is 2.67 bits per heavy atom. The SMILES string of the molecule is Cc1cnc(C[C@@H]2CCNC2)s1. The minimum atomic E-state index is 0.829. The first kappa shape index (κ1) is 8.20. The molecule has 0 aliphatic carbocycles. The number of nitrogens with zero attached hydrogens (tertiary/aromatic N) is 1. The summed E-state index contributed by atoms with van der Waals surface area (Å²) in [5, 5.41) is 4.68. The van der Waals surface area contributed by atoms with Crippen molar-refractivity contribution in [1.29, 1.82) is 0 Å². The van der Waals surface area contributed by atoms with E-state index < -0.39 is 0 Å². The maximum absolute atomic E-state index is 4.37. The van der Waals surface area contributed by atoms with Gasteiger partial charge in [0.15, 0.2) is 0 Å². The minimum absolute atomic E-state index is 0.829. The summed E-state index contributed by atoms with van der Waals surface area (Å²) in [4.78, 5) is 5.70. The number of hydrogen-bond acceptors (Lipinski definition) is 3. The number of aryl methyl sites for hydroxylation is 1. The zero-order chi connectivity index (χ0) is 8.39. The molecule has 2 heterocycles. The molecule has 0 radical (unpaired) electrons. The highest BCUT2D eigenvalue weighted by Gasteiger charge is 2.15. The molecule has 0 unspecified atom stereocenters. The Kier molecular flexibility index (Phi) is 2.42. The summed E-state index contributed by atoms with van der Waals surface area (Å²) in [5.74, 6) is 0.829. The van der Waals surface area contributed by atoms with Gasteiger partial charge in [-0.15, -0.1) is 11.3 Å². The van der Waals surface area contributed by atoms with Gasteiger partial charge in [0.25, 0.3) is 0 Å². The molecule has 1 atom stereocenters. The van der Waals surface area contributed by atoms with E-state index in [-0.39, 0.29) is 0 Å². The Hall–Kier alpha value is -0.410. The van der Waals surface area contributed by atoms with E-state index in [2.05, 4.69) is 17.2 Å². The van der Waals surface area contributed by atoms with Gasteiger partial charge in [-0.05, 0) is 32.4 Å². The van der Waals surface area contributed by atoms with E-state index in [9.17, 15) is 0 Å². The first-order chi connectivity index (χ1) is 5.84. The average Bonchev–Trinajstić information content (AvgIpc) is 2.63. The van der Waals surface area contributed by atoms with Crippen molar-refractivity contribution in [2.75, 3.05) is 13.1 Å². The van der Waals surface area contributed by atoms with E-state index >= 15 is 0 Å². The van der Waals surface area contributed by atoms with Crippen LogP contribution in [0.5, 0.6) is 0 Å². The van der Waals surface area contributed by atoms with Gasteiger partial charge in [-0.25, -0.2) is 4.98 Å². The van der Waals surface area contributed by atoms with Gasteiger partial charge in [0, 0.05) is 17.5 Å². The molecule has 1 aromatic rings.